The molecule has 2 amide bonds. The minimum Gasteiger partial charge on any atom is -0.292 e. The standard InChI is InChI=1S/C24H28N2O2/c1-2-18-8-10-21(11-9-18)26-23(27)17-22(24(26)28)25-14-12-20(13-15-25)16-19-6-4-3-5-7-19/h3-11,20,22H,2,12-17H2,1H3/t22-/m0/s1. The Hall–Kier alpha value is -2.46. The van der Waals surface area contributed by atoms with Crippen LogP contribution in [0.15, 0.2) is 54.6 Å². The van der Waals surface area contributed by atoms with Gasteiger partial charge in [0, 0.05) is 0 Å². The van der Waals surface area contributed by atoms with E-state index in [0.717, 1.165) is 38.8 Å². The van der Waals surface area contributed by atoms with Gasteiger partial charge >= 0.3 is 0 Å². The molecule has 2 aromatic rings. The van der Waals surface area contributed by atoms with E-state index in [-0.39, 0.29) is 17.9 Å². The van der Waals surface area contributed by atoms with Crippen LogP contribution in [-0.4, -0.2) is 35.8 Å². The molecule has 2 aliphatic rings. The lowest BCUT2D eigenvalue weighted by molar-refractivity contribution is -0.123. The molecule has 146 valence electrons. The van der Waals surface area contributed by atoms with Crippen molar-refractivity contribution >= 4 is 17.5 Å². The summed E-state index contributed by atoms with van der Waals surface area (Å²) in [6, 6.07) is 18.1. The van der Waals surface area contributed by atoms with Gasteiger partial charge in [-0.05, 0) is 68.0 Å². The van der Waals surface area contributed by atoms with Crippen LogP contribution in [0.2, 0.25) is 0 Å². The molecule has 0 aromatic heterocycles. The molecule has 0 bridgehead atoms. The molecular formula is C24H28N2O2. The van der Waals surface area contributed by atoms with Gasteiger partial charge in [-0.1, -0.05) is 49.4 Å². The second kappa shape index (κ2) is 8.27. The van der Waals surface area contributed by atoms with Crippen LogP contribution in [0.4, 0.5) is 5.69 Å². The summed E-state index contributed by atoms with van der Waals surface area (Å²) in [6.45, 7) is 3.88. The summed E-state index contributed by atoms with van der Waals surface area (Å²) in [5, 5.41) is 0. The van der Waals surface area contributed by atoms with E-state index in [4.69, 9.17) is 0 Å². The third-order valence-corrected chi connectivity index (χ3v) is 6.18. The predicted molar refractivity (Wildman–Crippen MR) is 111 cm³/mol. The van der Waals surface area contributed by atoms with Gasteiger partial charge in [-0.15, -0.1) is 0 Å². The summed E-state index contributed by atoms with van der Waals surface area (Å²) in [6.07, 6.45) is 4.51. The Morgan fingerprint density at radius 1 is 0.893 bits per heavy atom. The molecule has 28 heavy (non-hydrogen) atoms. The van der Waals surface area contributed by atoms with E-state index in [2.05, 4.69) is 42.2 Å². The van der Waals surface area contributed by atoms with Crippen molar-refractivity contribution in [2.45, 2.75) is 45.1 Å². The largest absolute Gasteiger partial charge is 0.292 e. The van der Waals surface area contributed by atoms with E-state index >= 15 is 0 Å². The van der Waals surface area contributed by atoms with Crippen LogP contribution < -0.4 is 4.90 Å². The van der Waals surface area contributed by atoms with E-state index in [0.29, 0.717) is 18.0 Å². The van der Waals surface area contributed by atoms with Gasteiger partial charge in [0.05, 0.1) is 18.2 Å². The fourth-order valence-electron chi connectivity index (χ4n) is 4.47. The number of rotatable bonds is 5. The van der Waals surface area contributed by atoms with Crippen LogP contribution in [-0.2, 0) is 22.4 Å². The number of carbonyl (C=O) groups is 2. The molecule has 2 heterocycles. The third kappa shape index (κ3) is 3.88. The summed E-state index contributed by atoms with van der Waals surface area (Å²) in [4.78, 5) is 29.2. The van der Waals surface area contributed by atoms with Crippen molar-refractivity contribution < 1.29 is 9.59 Å². The first-order valence-corrected chi connectivity index (χ1v) is 10.4. The molecule has 0 N–H and O–H groups in total. The smallest absolute Gasteiger partial charge is 0.251 e. The fraction of sp³-hybridized carbons (Fsp3) is 0.417. The second-order valence-electron chi connectivity index (χ2n) is 7.98. The molecule has 2 aliphatic heterocycles. The van der Waals surface area contributed by atoms with Crippen molar-refractivity contribution in [2.24, 2.45) is 5.92 Å². The molecule has 0 saturated carbocycles. The van der Waals surface area contributed by atoms with E-state index < -0.39 is 0 Å². The number of hydrogen-bond acceptors (Lipinski definition) is 3. The van der Waals surface area contributed by atoms with Crippen molar-refractivity contribution in [3.05, 3.63) is 65.7 Å². The molecule has 0 unspecified atom stereocenters. The van der Waals surface area contributed by atoms with Gasteiger partial charge in [0.2, 0.25) is 5.91 Å². The van der Waals surface area contributed by atoms with Crippen molar-refractivity contribution in [2.75, 3.05) is 18.0 Å². The normalized spacial score (nSPS) is 21.5. The molecule has 4 rings (SSSR count). The van der Waals surface area contributed by atoms with Gasteiger partial charge in [0.25, 0.3) is 5.91 Å². The van der Waals surface area contributed by atoms with Gasteiger partial charge in [-0.25, -0.2) is 4.90 Å². The number of amides is 2. The average Bonchev–Trinajstić information content (AvgIpc) is 3.03. The Morgan fingerprint density at radius 2 is 1.57 bits per heavy atom. The number of piperidine rings is 1. The highest BCUT2D eigenvalue weighted by atomic mass is 16.2. The quantitative estimate of drug-likeness (QED) is 0.745. The molecular weight excluding hydrogens is 348 g/mol. The van der Waals surface area contributed by atoms with Crippen LogP contribution >= 0.6 is 0 Å². The first-order valence-electron chi connectivity index (χ1n) is 10.4. The lowest BCUT2D eigenvalue weighted by Crippen LogP contribution is -2.46. The molecule has 0 spiro atoms. The zero-order valence-electron chi connectivity index (χ0n) is 16.5. The number of likely N-dealkylation sites (tertiary alicyclic amines) is 1. The Morgan fingerprint density at radius 3 is 2.21 bits per heavy atom. The first-order chi connectivity index (χ1) is 13.7. The van der Waals surface area contributed by atoms with Crippen molar-refractivity contribution in [1.29, 1.82) is 0 Å². The Balaban J connectivity index is 1.37. The third-order valence-electron chi connectivity index (χ3n) is 6.18. The monoisotopic (exact) mass is 376 g/mol. The topological polar surface area (TPSA) is 40.6 Å². The molecule has 1 atom stereocenters. The van der Waals surface area contributed by atoms with Crippen molar-refractivity contribution in [1.82, 2.24) is 4.90 Å². The number of nitrogens with zero attached hydrogens (tertiary/aromatic N) is 2. The van der Waals surface area contributed by atoms with E-state index in [1.807, 2.05) is 24.3 Å². The molecule has 2 saturated heterocycles. The predicted octanol–water partition coefficient (Wildman–Crippen LogP) is 3.84. The zero-order chi connectivity index (χ0) is 19.5. The van der Waals surface area contributed by atoms with Crippen LogP contribution in [0, 0.1) is 5.92 Å². The highest BCUT2D eigenvalue weighted by molar-refractivity contribution is 6.22. The molecule has 2 fully saturated rings. The van der Waals surface area contributed by atoms with Crippen LogP contribution in [0.5, 0.6) is 0 Å². The Bertz CT molecular complexity index is 823. The zero-order valence-corrected chi connectivity index (χ0v) is 16.5. The number of aryl methyl sites for hydroxylation is 1. The van der Waals surface area contributed by atoms with Crippen molar-refractivity contribution in [3.63, 3.8) is 0 Å². The summed E-state index contributed by atoms with van der Waals surface area (Å²) in [5.74, 6) is 0.518. The van der Waals surface area contributed by atoms with Gasteiger partial charge in [-0.3, -0.25) is 14.5 Å². The summed E-state index contributed by atoms with van der Waals surface area (Å²) in [5.41, 5.74) is 3.29. The number of benzene rings is 2. The maximum absolute atomic E-state index is 13.0. The van der Waals surface area contributed by atoms with E-state index in [9.17, 15) is 9.59 Å². The van der Waals surface area contributed by atoms with Gasteiger partial charge in [-0.2, -0.15) is 0 Å². The number of hydrogen-bond donors (Lipinski definition) is 0. The molecule has 0 radical (unpaired) electrons. The van der Waals surface area contributed by atoms with Crippen LogP contribution in [0.1, 0.15) is 37.3 Å². The van der Waals surface area contributed by atoms with Crippen molar-refractivity contribution in [3.8, 4) is 0 Å². The average molecular weight is 377 g/mol. The van der Waals surface area contributed by atoms with Gasteiger partial charge < -0.3 is 0 Å². The minimum atomic E-state index is -0.295. The van der Waals surface area contributed by atoms with Crippen LogP contribution in [0.25, 0.3) is 0 Å². The molecule has 4 heteroatoms. The lowest BCUT2D eigenvalue weighted by Gasteiger charge is -2.34. The number of imide groups is 1. The minimum absolute atomic E-state index is 0.0595. The Kier molecular flexibility index (Phi) is 5.58. The highest BCUT2D eigenvalue weighted by Gasteiger charge is 2.43. The lowest BCUT2D eigenvalue weighted by atomic mass is 9.89. The maximum atomic E-state index is 13.0. The Labute approximate surface area is 167 Å². The second-order valence-corrected chi connectivity index (χ2v) is 7.98. The summed E-state index contributed by atoms with van der Waals surface area (Å²) < 4.78 is 0. The molecule has 4 nitrogen and oxygen atoms in total. The number of carbonyl (C=O) groups excluding carboxylic acids is 2. The maximum Gasteiger partial charge on any atom is 0.251 e. The van der Waals surface area contributed by atoms with E-state index in [1.165, 1.54) is 16.0 Å². The van der Waals surface area contributed by atoms with Gasteiger partial charge in [0.15, 0.2) is 0 Å². The summed E-state index contributed by atoms with van der Waals surface area (Å²) >= 11 is 0. The summed E-state index contributed by atoms with van der Waals surface area (Å²) in [7, 11) is 0. The first kappa shape index (κ1) is 18.9. The fourth-order valence-corrected chi connectivity index (χ4v) is 4.47. The van der Waals surface area contributed by atoms with Gasteiger partial charge in [0.1, 0.15) is 0 Å². The van der Waals surface area contributed by atoms with E-state index in [1.54, 1.807) is 0 Å². The molecule has 2 aromatic carbocycles. The van der Waals surface area contributed by atoms with Crippen LogP contribution in [0.3, 0.4) is 0 Å². The highest BCUT2D eigenvalue weighted by Crippen LogP contribution is 2.29. The number of anilines is 1. The molecule has 0 aliphatic carbocycles. The SMILES string of the molecule is CCc1ccc(N2C(=O)C[C@H](N3CCC(Cc4ccccc4)CC3)C2=O)cc1.